The zero-order chi connectivity index (χ0) is 22.8. The van der Waals surface area contributed by atoms with Crippen LogP contribution in [0.4, 0.5) is 0 Å². The van der Waals surface area contributed by atoms with Gasteiger partial charge < -0.3 is 15.0 Å². The molecule has 0 spiro atoms. The molecule has 3 rings (SSSR count). The summed E-state index contributed by atoms with van der Waals surface area (Å²) in [6.07, 6.45) is 6.48. The van der Waals surface area contributed by atoms with E-state index in [0.29, 0.717) is 31.0 Å². The van der Waals surface area contributed by atoms with Crippen molar-refractivity contribution in [3.63, 3.8) is 0 Å². The first-order chi connectivity index (χ1) is 15.5. The summed E-state index contributed by atoms with van der Waals surface area (Å²) in [5, 5.41) is 3.82. The second-order valence-electron chi connectivity index (χ2n) is 8.43. The van der Waals surface area contributed by atoms with E-state index < -0.39 is 6.04 Å². The van der Waals surface area contributed by atoms with Crippen LogP contribution in [-0.4, -0.2) is 35.4 Å². The lowest BCUT2D eigenvalue weighted by Crippen LogP contribution is -2.50. The van der Waals surface area contributed by atoms with Gasteiger partial charge in [0.2, 0.25) is 11.8 Å². The third-order valence-corrected chi connectivity index (χ3v) is 6.18. The van der Waals surface area contributed by atoms with Crippen molar-refractivity contribution in [2.24, 2.45) is 0 Å². The Bertz CT molecular complexity index is 851. The predicted octanol–water partition coefficient (Wildman–Crippen LogP) is 5.37. The Morgan fingerprint density at radius 2 is 1.75 bits per heavy atom. The van der Waals surface area contributed by atoms with Gasteiger partial charge in [-0.2, -0.15) is 0 Å². The lowest BCUT2D eigenvalue weighted by Gasteiger charge is -2.31. The maximum absolute atomic E-state index is 13.1. The molecule has 5 nitrogen and oxygen atoms in total. The third-order valence-electron chi connectivity index (χ3n) is 5.93. The Kier molecular flexibility index (Phi) is 9.42. The van der Waals surface area contributed by atoms with Gasteiger partial charge in [-0.25, -0.2) is 0 Å². The summed E-state index contributed by atoms with van der Waals surface area (Å²) >= 11 is 5.89. The first-order valence-corrected chi connectivity index (χ1v) is 11.9. The highest BCUT2D eigenvalue weighted by atomic mass is 35.5. The van der Waals surface area contributed by atoms with Crippen molar-refractivity contribution in [2.45, 2.75) is 70.5 Å². The molecule has 6 heteroatoms. The minimum atomic E-state index is -0.526. The molecule has 1 N–H and O–H groups in total. The molecule has 0 radical (unpaired) electrons. The zero-order valence-corrected chi connectivity index (χ0v) is 19.5. The van der Waals surface area contributed by atoms with Crippen molar-refractivity contribution < 1.29 is 14.3 Å². The lowest BCUT2D eigenvalue weighted by molar-refractivity contribution is -0.141. The van der Waals surface area contributed by atoms with Crippen LogP contribution in [0.3, 0.4) is 0 Å². The fraction of sp³-hybridized carbons (Fsp3) is 0.462. The minimum Gasteiger partial charge on any atom is -0.494 e. The Morgan fingerprint density at radius 1 is 1.06 bits per heavy atom. The van der Waals surface area contributed by atoms with Crippen molar-refractivity contribution in [3.05, 3.63) is 65.2 Å². The van der Waals surface area contributed by atoms with Crippen molar-refractivity contribution in [1.82, 2.24) is 10.2 Å². The maximum Gasteiger partial charge on any atom is 0.242 e. The van der Waals surface area contributed by atoms with Crippen molar-refractivity contribution in [2.75, 3.05) is 6.61 Å². The number of halogens is 1. The number of hydrogen-bond acceptors (Lipinski definition) is 3. The van der Waals surface area contributed by atoms with Crippen LogP contribution >= 0.6 is 11.6 Å². The monoisotopic (exact) mass is 456 g/mol. The highest BCUT2D eigenvalue weighted by Gasteiger charge is 2.27. The standard InChI is InChI=1S/C26H33ClN2O3/c1-20(26(31)28-23-11-6-3-7-12-23)29(19-21-9-4-2-5-10-21)25(30)13-8-18-32-24-16-14-22(27)15-17-24/h2,4-5,9-10,14-17,20,23H,3,6-8,11-13,18-19H2,1H3,(H,28,31)/t20-/m1/s1. The maximum atomic E-state index is 13.1. The molecule has 0 aliphatic heterocycles. The Hall–Kier alpha value is -2.53. The van der Waals surface area contributed by atoms with Gasteiger partial charge in [0.25, 0.3) is 0 Å². The second kappa shape index (κ2) is 12.5. The molecule has 0 heterocycles. The Labute approximate surface area is 196 Å². The van der Waals surface area contributed by atoms with Gasteiger partial charge in [-0.3, -0.25) is 9.59 Å². The van der Waals surface area contributed by atoms with E-state index in [4.69, 9.17) is 16.3 Å². The Morgan fingerprint density at radius 3 is 2.44 bits per heavy atom. The van der Waals surface area contributed by atoms with Crippen molar-refractivity contribution >= 4 is 23.4 Å². The van der Waals surface area contributed by atoms with Crippen LogP contribution in [0, 0.1) is 0 Å². The van der Waals surface area contributed by atoms with Gasteiger partial charge in [-0.1, -0.05) is 61.2 Å². The van der Waals surface area contributed by atoms with Crippen LogP contribution < -0.4 is 10.1 Å². The van der Waals surface area contributed by atoms with Gasteiger partial charge in [0.15, 0.2) is 0 Å². The average molecular weight is 457 g/mol. The van der Waals surface area contributed by atoms with Crippen LogP contribution in [0.15, 0.2) is 54.6 Å². The number of carbonyl (C=O) groups is 2. The van der Waals surface area contributed by atoms with Crippen LogP contribution in [0.2, 0.25) is 5.02 Å². The summed E-state index contributed by atoms with van der Waals surface area (Å²) in [5.74, 6) is 0.613. The first kappa shape index (κ1) is 24.1. The van der Waals surface area contributed by atoms with Crippen LogP contribution in [0.1, 0.15) is 57.4 Å². The molecule has 1 aliphatic rings. The molecule has 2 aromatic rings. The van der Waals surface area contributed by atoms with E-state index in [9.17, 15) is 9.59 Å². The molecule has 172 valence electrons. The highest BCUT2D eigenvalue weighted by molar-refractivity contribution is 6.30. The summed E-state index contributed by atoms with van der Waals surface area (Å²) in [7, 11) is 0. The highest BCUT2D eigenvalue weighted by Crippen LogP contribution is 2.19. The zero-order valence-electron chi connectivity index (χ0n) is 18.8. The summed E-state index contributed by atoms with van der Waals surface area (Å²) in [6, 6.07) is 16.7. The van der Waals surface area contributed by atoms with Gasteiger partial charge in [0.05, 0.1) is 6.61 Å². The van der Waals surface area contributed by atoms with Gasteiger partial charge in [0, 0.05) is 24.0 Å². The summed E-state index contributed by atoms with van der Waals surface area (Å²) in [6.45, 7) is 2.66. The van der Waals surface area contributed by atoms with E-state index in [2.05, 4.69) is 5.32 Å². The molecule has 32 heavy (non-hydrogen) atoms. The fourth-order valence-electron chi connectivity index (χ4n) is 4.02. The van der Waals surface area contributed by atoms with E-state index >= 15 is 0 Å². The minimum absolute atomic E-state index is 0.0418. The molecule has 1 fully saturated rings. The molecule has 0 bridgehead atoms. The number of ether oxygens (including phenoxy) is 1. The van der Waals surface area contributed by atoms with E-state index in [1.807, 2.05) is 49.4 Å². The number of nitrogens with one attached hydrogen (secondary N) is 1. The predicted molar refractivity (Wildman–Crippen MR) is 128 cm³/mol. The quantitative estimate of drug-likeness (QED) is 0.489. The number of rotatable bonds is 10. The van der Waals surface area contributed by atoms with Crippen molar-refractivity contribution in [1.29, 1.82) is 0 Å². The SMILES string of the molecule is C[C@H](C(=O)NC1CCCCC1)N(Cc1ccccc1)C(=O)CCCOc1ccc(Cl)cc1. The number of amides is 2. The van der Waals surface area contributed by atoms with Gasteiger partial charge >= 0.3 is 0 Å². The summed E-state index contributed by atoms with van der Waals surface area (Å²) < 4.78 is 5.71. The first-order valence-electron chi connectivity index (χ1n) is 11.5. The van der Waals surface area contributed by atoms with E-state index in [-0.39, 0.29) is 17.9 Å². The van der Waals surface area contributed by atoms with E-state index in [0.717, 1.165) is 37.0 Å². The summed E-state index contributed by atoms with van der Waals surface area (Å²) in [5.41, 5.74) is 1.01. The fourth-order valence-corrected chi connectivity index (χ4v) is 4.15. The smallest absolute Gasteiger partial charge is 0.242 e. The van der Waals surface area contributed by atoms with Gasteiger partial charge in [-0.15, -0.1) is 0 Å². The average Bonchev–Trinajstić information content (AvgIpc) is 2.82. The molecule has 1 saturated carbocycles. The molecule has 1 aliphatic carbocycles. The van der Waals surface area contributed by atoms with Gasteiger partial charge in [0.1, 0.15) is 11.8 Å². The molecule has 2 amide bonds. The molecule has 0 aromatic heterocycles. The largest absolute Gasteiger partial charge is 0.494 e. The van der Waals surface area contributed by atoms with Crippen LogP contribution in [0.25, 0.3) is 0 Å². The van der Waals surface area contributed by atoms with E-state index in [1.54, 1.807) is 17.0 Å². The molecule has 1 atom stereocenters. The molecular formula is C26H33ClN2O3. The normalized spacial score (nSPS) is 15.1. The van der Waals surface area contributed by atoms with Crippen molar-refractivity contribution in [3.8, 4) is 5.75 Å². The lowest BCUT2D eigenvalue weighted by atomic mass is 9.95. The topological polar surface area (TPSA) is 58.6 Å². The molecule has 0 saturated heterocycles. The number of benzene rings is 2. The Balaban J connectivity index is 1.57. The third kappa shape index (κ3) is 7.56. The number of carbonyl (C=O) groups excluding carboxylic acids is 2. The molecule has 2 aromatic carbocycles. The van der Waals surface area contributed by atoms with Crippen LogP contribution in [0.5, 0.6) is 5.75 Å². The molecular weight excluding hydrogens is 424 g/mol. The molecule has 0 unspecified atom stereocenters. The second-order valence-corrected chi connectivity index (χ2v) is 8.87. The number of hydrogen-bond donors (Lipinski definition) is 1. The van der Waals surface area contributed by atoms with Gasteiger partial charge in [-0.05, 0) is 56.0 Å². The van der Waals surface area contributed by atoms with Crippen LogP contribution in [-0.2, 0) is 16.1 Å². The number of nitrogens with zero attached hydrogens (tertiary/aromatic N) is 1. The van der Waals surface area contributed by atoms with E-state index in [1.165, 1.54) is 6.42 Å². The summed E-state index contributed by atoms with van der Waals surface area (Å²) in [4.78, 5) is 27.8.